The van der Waals surface area contributed by atoms with Crippen LogP contribution in [0, 0.1) is 11.6 Å². The van der Waals surface area contributed by atoms with Crippen molar-refractivity contribution < 1.29 is 18.3 Å². The fourth-order valence-corrected chi connectivity index (χ4v) is 5.33. The van der Waals surface area contributed by atoms with Gasteiger partial charge in [0.05, 0.1) is 25.4 Å². The zero-order valence-corrected chi connectivity index (χ0v) is 21.8. The number of hydrogen-bond donors (Lipinski definition) is 0. The van der Waals surface area contributed by atoms with Crippen LogP contribution >= 0.6 is 0 Å². The van der Waals surface area contributed by atoms with Crippen molar-refractivity contribution >= 4 is 11.4 Å². The van der Waals surface area contributed by atoms with Gasteiger partial charge in [-0.15, -0.1) is 0 Å². The first kappa shape index (κ1) is 25.1. The van der Waals surface area contributed by atoms with Crippen molar-refractivity contribution in [2.24, 2.45) is 0 Å². The number of ether oxygens (including phenoxy) is 2. The number of benzene rings is 3. The topological polar surface area (TPSA) is 68.1 Å². The second-order valence-electron chi connectivity index (χ2n) is 9.89. The standard InChI is InChI=1S/C29H29F2N5O3/c1-20(29(18-39-29)26-12-3-21(30)17-27(26)31)36-28(37)35(19-32-36)24-6-4-22(5-7-24)33-13-15-34(16-14-33)23-8-10-25(38-2)11-9-23/h3-12,17,19-20H,13-16,18H2,1-2H3/t20-,29+/m1/s1. The Morgan fingerprint density at radius 3 is 2.00 bits per heavy atom. The highest BCUT2D eigenvalue weighted by atomic mass is 19.1. The number of methoxy groups -OCH3 is 1. The molecule has 8 nitrogen and oxygen atoms in total. The van der Waals surface area contributed by atoms with Gasteiger partial charge < -0.3 is 19.3 Å². The van der Waals surface area contributed by atoms with Crippen molar-refractivity contribution in [1.29, 1.82) is 0 Å². The molecule has 0 spiro atoms. The molecule has 0 unspecified atom stereocenters. The summed E-state index contributed by atoms with van der Waals surface area (Å²) in [7, 11) is 1.67. The highest BCUT2D eigenvalue weighted by Crippen LogP contribution is 2.48. The molecule has 0 bridgehead atoms. The SMILES string of the molecule is COc1ccc(N2CCN(c3ccc(-n4cnn([C@H](C)[C@]5(c6ccc(F)cc6F)CO5)c4=O)cc3)CC2)cc1. The van der Waals surface area contributed by atoms with Crippen molar-refractivity contribution in [3.63, 3.8) is 0 Å². The Bertz CT molecular complexity index is 1520. The van der Waals surface area contributed by atoms with E-state index in [1.54, 1.807) is 14.0 Å². The first-order valence-electron chi connectivity index (χ1n) is 12.9. The molecule has 0 radical (unpaired) electrons. The summed E-state index contributed by atoms with van der Waals surface area (Å²) in [5, 5.41) is 4.30. The molecule has 2 aliphatic heterocycles. The summed E-state index contributed by atoms with van der Waals surface area (Å²) in [5.41, 5.74) is 1.74. The van der Waals surface area contributed by atoms with Crippen LogP contribution in [0.25, 0.3) is 5.69 Å². The molecule has 0 saturated carbocycles. The molecule has 0 amide bonds. The van der Waals surface area contributed by atoms with Crippen LogP contribution in [0.4, 0.5) is 20.2 Å². The molecule has 10 heteroatoms. The molecular weight excluding hydrogens is 504 g/mol. The van der Waals surface area contributed by atoms with Gasteiger partial charge in [0.15, 0.2) is 0 Å². The third-order valence-electron chi connectivity index (χ3n) is 7.79. The third kappa shape index (κ3) is 4.54. The van der Waals surface area contributed by atoms with E-state index in [-0.39, 0.29) is 17.9 Å². The van der Waals surface area contributed by atoms with E-state index in [2.05, 4.69) is 27.0 Å². The van der Waals surface area contributed by atoms with E-state index in [0.29, 0.717) is 5.69 Å². The van der Waals surface area contributed by atoms with Crippen LogP contribution in [0.1, 0.15) is 18.5 Å². The van der Waals surface area contributed by atoms with Gasteiger partial charge in [-0.2, -0.15) is 5.10 Å². The van der Waals surface area contributed by atoms with Gasteiger partial charge in [-0.1, -0.05) is 6.07 Å². The first-order chi connectivity index (χ1) is 18.9. The van der Waals surface area contributed by atoms with E-state index < -0.39 is 23.3 Å². The van der Waals surface area contributed by atoms with Crippen LogP contribution in [0.2, 0.25) is 0 Å². The molecule has 202 valence electrons. The maximum atomic E-state index is 14.5. The van der Waals surface area contributed by atoms with Crippen LogP contribution in [-0.2, 0) is 10.3 Å². The van der Waals surface area contributed by atoms with Crippen LogP contribution in [0.3, 0.4) is 0 Å². The number of aromatic nitrogens is 3. The van der Waals surface area contributed by atoms with E-state index >= 15 is 0 Å². The lowest BCUT2D eigenvalue weighted by Crippen LogP contribution is -2.46. The second-order valence-corrected chi connectivity index (χ2v) is 9.89. The van der Waals surface area contributed by atoms with Crippen molar-refractivity contribution in [3.05, 3.63) is 101 Å². The van der Waals surface area contributed by atoms with E-state index in [1.807, 2.05) is 36.4 Å². The van der Waals surface area contributed by atoms with Gasteiger partial charge in [0.1, 0.15) is 29.3 Å². The minimum absolute atomic E-state index is 0.217. The number of piperazine rings is 1. The quantitative estimate of drug-likeness (QED) is 0.333. The lowest BCUT2D eigenvalue weighted by Gasteiger charge is -2.37. The summed E-state index contributed by atoms with van der Waals surface area (Å²) in [6.07, 6.45) is 1.46. The maximum Gasteiger partial charge on any atom is 0.350 e. The fraction of sp³-hybridized carbons (Fsp3) is 0.310. The number of rotatable bonds is 7. The lowest BCUT2D eigenvalue weighted by molar-refractivity contribution is 0.211. The molecule has 0 N–H and O–H groups in total. The Kier molecular flexibility index (Phi) is 6.34. The highest BCUT2D eigenvalue weighted by molar-refractivity contribution is 5.54. The second kappa shape index (κ2) is 9.85. The van der Waals surface area contributed by atoms with E-state index in [4.69, 9.17) is 9.47 Å². The molecule has 2 saturated heterocycles. The van der Waals surface area contributed by atoms with Crippen molar-refractivity contribution in [2.75, 3.05) is 49.7 Å². The Morgan fingerprint density at radius 2 is 1.46 bits per heavy atom. The number of hydrogen-bond acceptors (Lipinski definition) is 6. The Hall–Kier alpha value is -4.18. The van der Waals surface area contributed by atoms with Gasteiger partial charge in [-0.25, -0.2) is 22.8 Å². The van der Waals surface area contributed by atoms with Crippen molar-refractivity contribution in [3.8, 4) is 11.4 Å². The predicted molar refractivity (Wildman–Crippen MR) is 144 cm³/mol. The molecule has 2 atom stereocenters. The molecule has 3 aromatic carbocycles. The van der Waals surface area contributed by atoms with Crippen LogP contribution in [0.15, 0.2) is 77.9 Å². The minimum atomic E-state index is -1.06. The maximum absolute atomic E-state index is 14.5. The van der Waals surface area contributed by atoms with Gasteiger partial charge in [-0.05, 0) is 61.5 Å². The smallest absolute Gasteiger partial charge is 0.350 e. The Morgan fingerprint density at radius 1 is 0.897 bits per heavy atom. The van der Waals surface area contributed by atoms with Gasteiger partial charge in [0.2, 0.25) is 0 Å². The molecule has 2 aliphatic rings. The number of epoxide rings is 1. The van der Waals surface area contributed by atoms with Gasteiger partial charge >= 0.3 is 5.69 Å². The van der Waals surface area contributed by atoms with Gasteiger partial charge in [-0.3, -0.25) is 0 Å². The summed E-state index contributed by atoms with van der Waals surface area (Å²) in [5.74, 6) is -0.519. The van der Waals surface area contributed by atoms with Crippen LogP contribution < -0.4 is 20.2 Å². The van der Waals surface area contributed by atoms with Crippen molar-refractivity contribution in [2.45, 2.75) is 18.6 Å². The van der Waals surface area contributed by atoms with E-state index in [1.165, 1.54) is 33.4 Å². The molecule has 39 heavy (non-hydrogen) atoms. The monoisotopic (exact) mass is 533 g/mol. The Labute approximate surface area is 224 Å². The summed E-state index contributed by atoms with van der Waals surface area (Å²) in [6.45, 7) is 5.53. The molecule has 4 aromatic rings. The minimum Gasteiger partial charge on any atom is -0.497 e. The zero-order valence-electron chi connectivity index (χ0n) is 21.8. The molecule has 0 aliphatic carbocycles. The molecule has 2 fully saturated rings. The average Bonchev–Trinajstić information content (AvgIpc) is 3.68. The van der Waals surface area contributed by atoms with Crippen molar-refractivity contribution in [1.82, 2.24) is 14.3 Å². The summed E-state index contributed by atoms with van der Waals surface area (Å²) in [4.78, 5) is 18.0. The molecule has 1 aromatic heterocycles. The van der Waals surface area contributed by atoms with Gasteiger partial charge in [0, 0.05) is 49.2 Å². The molecule has 6 rings (SSSR count). The molecule has 3 heterocycles. The summed E-state index contributed by atoms with van der Waals surface area (Å²) < 4.78 is 41.6. The Balaban J connectivity index is 1.15. The predicted octanol–water partition coefficient (Wildman–Crippen LogP) is 4.13. The largest absolute Gasteiger partial charge is 0.497 e. The van der Waals surface area contributed by atoms with E-state index in [9.17, 15) is 13.6 Å². The summed E-state index contributed by atoms with van der Waals surface area (Å²) >= 11 is 0. The zero-order chi connectivity index (χ0) is 27.1. The normalized spacial score (nSPS) is 19.7. The average molecular weight is 534 g/mol. The fourth-order valence-electron chi connectivity index (χ4n) is 5.33. The third-order valence-corrected chi connectivity index (χ3v) is 7.79. The van der Waals surface area contributed by atoms with Gasteiger partial charge in [0.25, 0.3) is 0 Å². The first-order valence-corrected chi connectivity index (χ1v) is 12.9. The van der Waals surface area contributed by atoms with Crippen LogP contribution in [0.5, 0.6) is 5.75 Å². The highest BCUT2D eigenvalue weighted by Gasteiger charge is 2.54. The van der Waals surface area contributed by atoms with E-state index in [0.717, 1.165) is 43.7 Å². The number of nitrogens with zero attached hydrogens (tertiary/aromatic N) is 5. The summed E-state index contributed by atoms with van der Waals surface area (Å²) in [6, 6.07) is 18.7. The molecular formula is C29H29F2N5O3. The number of anilines is 2. The van der Waals surface area contributed by atoms with Crippen LogP contribution in [-0.4, -0.2) is 54.2 Å². The number of halogens is 2. The lowest BCUT2D eigenvalue weighted by atomic mass is 9.92.